The second-order valence-corrected chi connectivity index (χ2v) is 6.01. The molecule has 0 saturated carbocycles. The average Bonchev–Trinajstić information content (AvgIpc) is 2.32. The summed E-state index contributed by atoms with van der Waals surface area (Å²) in [5, 5.41) is 4.42. The third-order valence-electron chi connectivity index (χ3n) is 3.29. The van der Waals surface area contributed by atoms with Gasteiger partial charge in [0, 0.05) is 17.0 Å². The van der Waals surface area contributed by atoms with Crippen molar-refractivity contribution in [3.63, 3.8) is 0 Å². The lowest BCUT2D eigenvalue weighted by Gasteiger charge is -2.30. The Kier molecular flexibility index (Phi) is 4.16. The van der Waals surface area contributed by atoms with Crippen LogP contribution >= 0.6 is 11.8 Å². The Morgan fingerprint density at radius 2 is 2.31 bits per heavy atom. The summed E-state index contributed by atoms with van der Waals surface area (Å²) in [5.41, 5.74) is 2.71. The quantitative estimate of drug-likeness (QED) is 0.851. The highest BCUT2D eigenvalue weighted by Crippen LogP contribution is 2.27. The van der Waals surface area contributed by atoms with E-state index in [1.807, 2.05) is 0 Å². The number of hydrogen-bond acceptors (Lipinski definition) is 2. The smallest absolute Gasteiger partial charge is 0.0377 e. The molecule has 1 aromatic rings. The maximum Gasteiger partial charge on any atom is 0.0377 e. The highest BCUT2D eigenvalue weighted by Gasteiger charge is 2.21. The molecular weight excluding hydrogens is 214 g/mol. The van der Waals surface area contributed by atoms with E-state index in [0.717, 1.165) is 11.7 Å². The molecule has 0 amide bonds. The molecule has 0 spiro atoms. The molecule has 1 saturated heterocycles. The van der Waals surface area contributed by atoms with Crippen molar-refractivity contribution in [2.24, 2.45) is 0 Å². The van der Waals surface area contributed by atoms with Crippen LogP contribution in [0.3, 0.4) is 0 Å². The van der Waals surface area contributed by atoms with Crippen LogP contribution in [0.2, 0.25) is 0 Å². The van der Waals surface area contributed by atoms with E-state index in [-0.39, 0.29) is 0 Å². The van der Waals surface area contributed by atoms with E-state index in [0.29, 0.717) is 6.04 Å². The average molecular weight is 235 g/mol. The lowest BCUT2D eigenvalue weighted by atomic mass is 10.1. The van der Waals surface area contributed by atoms with E-state index in [9.17, 15) is 0 Å². The lowest BCUT2D eigenvalue weighted by Crippen LogP contribution is -2.32. The van der Waals surface area contributed by atoms with Gasteiger partial charge in [-0.1, -0.05) is 26.0 Å². The molecule has 2 atom stereocenters. The Morgan fingerprint density at radius 3 is 3.06 bits per heavy atom. The SMILES string of the molecule is CCc1cccc(NC2CCCSC2C)c1. The lowest BCUT2D eigenvalue weighted by molar-refractivity contribution is 0.617. The standard InChI is InChI=1S/C14H21NS/c1-3-12-6-4-7-13(10-12)15-14-8-5-9-16-11(14)2/h4,6-7,10-11,14-15H,3,5,8-9H2,1-2H3. The van der Waals surface area contributed by atoms with Crippen molar-refractivity contribution >= 4 is 17.4 Å². The third-order valence-corrected chi connectivity index (χ3v) is 4.67. The first-order valence-electron chi connectivity index (χ1n) is 6.26. The minimum atomic E-state index is 0.644. The number of hydrogen-bond donors (Lipinski definition) is 1. The summed E-state index contributed by atoms with van der Waals surface area (Å²) in [6, 6.07) is 9.47. The van der Waals surface area contributed by atoms with Crippen LogP contribution in [-0.2, 0) is 6.42 Å². The summed E-state index contributed by atoms with van der Waals surface area (Å²) in [6.07, 6.45) is 3.77. The molecular formula is C14H21NS. The Hall–Kier alpha value is -0.630. The fraction of sp³-hybridized carbons (Fsp3) is 0.571. The Balaban J connectivity index is 2.01. The van der Waals surface area contributed by atoms with E-state index >= 15 is 0 Å². The van der Waals surface area contributed by atoms with Gasteiger partial charge < -0.3 is 5.32 Å². The van der Waals surface area contributed by atoms with Gasteiger partial charge in [0.2, 0.25) is 0 Å². The second kappa shape index (κ2) is 5.62. The number of aryl methyl sites for hydroxylation is 1. The number of rotatable bonds is 3. The molecule has 1 N–H and O–H groups in total. The molecule has 1 aromatic carbocycles. The maximum absolute atomic E-state index is 3.68. The van der Waals surface area contributed by atoms with Gasteiger partial charge in [-0.05, 0) is 42.7 Å². The van der Waals surface area contributed by atoms with Crippen molar-refractivity contribution in [1.29, 1.82) is 0 Å². The first kappa shape index (κ1) is 11.8. The molecule has 0 aromatic heterocycles. The minimum Gasteiger partial charge on any atom is -0.381 e. The van der Waals surface area contributed by atoms with E-state index < -0.39 is 0 Å². The number of anilines is 1. The van der Waals surface area contributed by atoms with Crippen molar-refractivity contribution < 1.29 is 0 Å². The van der Waals surface area contributed by atoms with Gasteiger partial charge in [0.25, 0.3) is 0 Å². The van der Waals surface area contributed by atoms with Crippen LogP contribution in [0.15, 0.2) is 24.3 Å². The molecule has 2 heteroatoms. The van der Waals surface area contributed by atoms with Crippen LogP contribution in [-0.4, -0.2) is 17.0 Å². The Morgan fingerprint density at radius 1 is 1.44 bits per heavy atom. The van der Waals surface area contributed by atoms with Gasteiger partial charge in [0.05, 0.1) is 0 Å². The van der Waals surface area contributed by atoms with Gasteiger partial charge in [-0.3, -0.25) is 0 Å². The van der Waals surface area contributed by atoms with E-state index in [1.165, 1.54) is 29.8 Å². The zero-order valence-electron chi connectivity index (χ0n) is 10.2. The second-order valence-electron chi connectivity index (χ2n) is 4.52. The maximum atomic E-state index is 3.68. The van der Waals surface area contributed by atoms with Crippen molar-refractivity contribution in [2.75, 3.05) is 11.1 Å². The molecule has 1 nitrogen and oxygen atoms in total. The van der Waals surface area contributed by atoms with Crippen LogP contribution in [0.5, 0.6) is 0 Å². The Bertz CT molecular complexity index is 337. The van der Waals surface area contributed by atoms with Gasteiger partial charge >= 0.3 is 0 Å². The Labute approximate surface area is 103 Å². The van der Waals surface area contributed by atoms with Crippen molar-refractivity contribution in [2.45, 2.75) is 44.4 Å². The molecule has 2 unspecified atom stereocenters. The highest BCUT2D eigenvalue weighted by molar-refractivity contribution is 8.00. The number of nitrogens with one attached hydrogen (secondary N) is 1. The van der Waals surface area contributed by atoms with Gasteiger partial charge in [-0.25, -0.2) is 0 Å². The van der Waals surface area contributed by atoms with Gasteiger partial charge in [-0.15, -0.1) is 0 Å². The van der Waals surface area contributed by atoms with Crippen LogP contribution in [0.1, 0.15) is 32.3 Å². The van der Waals surface area contributed by atoms with Crippen molar-refractivity contribution in [3.8, 4) is 0 Å². The predicted octanol–water partition coefficient (Wildman–Crippen LogP) is 3.95. The summed E-state index contributed by atoms with van der Waals surface area (Å²) in [5.74, 6) is 1.33. The summed E-state index contributed by atoms with van der Waals surface area (Å²) in [6.45, 7) is 4.55. The highest BCUT2D eigenvalue weighted by atomic mass is 32.2. The topological polar surface area (TPSA) is 12.0 Å². The molecule has 88 valence electrons. The molecule has 2 rings (SSSR count). The van der Waals surface area contributed by atoms with Crippen LogP contribution in [0.25, 0.3) is 0 Å². The zero-order chi connectivity index (χ0) is 11.4. The zero-order valence-corrected chi connectivity index (χ0v) is 11.0. The fourth-order valence-corrected chi connectivity index (χ4v) is 3.35. The van der Waals surface area contributed by atoms with E-state index in [4.69, 9.17) is 0 Å². The fourth-order valence-electron chi connectivity index (χ4n) is 2.21. The number of thioether (sulfide) groups is 1. The van der Waals surface area contributed by atoms with E-state index in [2.05, 4.69) is 55.2 Å². The summed E-state index contributed by atoms with van der Waals surface area (Å²) in [7, 11) is 0. The number of benzene rings is 1. The first-order chi connectivity index (χ1) is 7.79. The molecule has 16 heavy (non-hydrogen) atoms. The molecule has 1 fully saturated rings. The van der Waals surface area contributed by atoms with Crippen LogP contribution < -0.4 is 5.32 Å². The van der Waals surface area contributed by atoms with Gasteiger partial charge in [0.15, 0.2) is 0 Å². The normalized spacial score (nSPS) is 25.4. The minimum absolute atomic E-state index is 0.644. The summed E-state index contributed by atoms with van der Waals surface area (Å²) >= 11 is 2.09. The molecule has 0 radical (unpaired) electrons. The monoisotopic (exact) mass is 235 g/mol. The largest absolute Gasteiger partial charge is 0.381 e. The molecule has 0 aliphatic carbocycles. The molecule has 1 aliphatic heterocycles. The summed E-state index contributed by atoms with van der Waals surface area (Å²) < 4.78 is 0. The van der Waals surface area contributed by atoms with Crippen molar-refractivity contribution in [1.82, 2.24) is 0 Å². The first-order valence-corrected chi connectivity index (χ1v) is 7.31. The molecule has 1 aliphatic rings. The van der Waals surface area contributed by atoms with Crippen LogP contribution in [0, 0.1) is 0 Å². The third kappa shape index (κ3) is 2.94. The van der Waals surface area contributed by atoms with Crippen LogP contribution in [0.4, 0.5) is 5.69 Å². The van der Waals surface area contributed by atoms with Crippen molar-refractivity contribution in [3.05, 3.63) is 29.8 Å². The summed E-state index contributed by atoms with van der Waals surface area (Å²) in [4.78, 5) is 0. The molecule has 1 heterocycles. The van der Waals surface area contributed by atoms with Gasteiger partial charge in [-0.2, -0.15) is 11.8 Å². The van der Waals surface area contributed by atoms with Gasteiger partial charge in [0.1, 0.15) is 0 Å². The molecule has 0 bridgehead atoms. The predicted molar refractivity (Wildman–Crippen MR) is 74.4 cm³/mol. The van der Waals surface area contributed by atoms with E-state index in [1.54, 1.807) is 0 Å².